The van der Waals surface area contributed by atoms with Gasteiger partial charge in [0.15, 0.2) is 0 Å². The van der Waals surface area contributed by atoms with Gasteiger partial charge in [-0.2, -0.15) is 5.01 Å². The van der Waals surface area contributed by atoms with Crippen LogP contribution in [0, 0.1) is 10.8 Å². The minimum absolute atomic E-state index is 0.243. The minimum Gasteiger partial charge on any atom is -0.272 e. The smallest absolute Gasteiger partial charge is 0.252 e. The molecule has 0 fully saturated rings. The highest BCUT2D eigenvalue weighted by Crippen LogP contribution is 2.16. The van der Waals surface area contributed by atoms with E-state index in [0.29, 0.717) is 5.69 Å². The maximum atomic E-state index is 11.5. The maximum absolute atomic E-state index is 11.5. The van der Waals surface area contributed by atoms with E-state index in [1.165, 1.54) is 0 Å². The van der Waals surface area contributed by atoms with Crippen molar-refractivity contribution in [2.75, 3.05) is 5.01 Å². The summed E-state index contributed by atoms with van der Waals surface area (Å²) in [6.45, 7) is 3.45. The molecule has 0 aromatic heterocycles. The normalized spacial score (nSPS) is 9.93. The van der Waals surface area contributed by atoms with Gasteiger partial charge in [-0.15, -0.1) is 4.91 Å². The number of anilines is 1. The fraction of sp³-hybridized carbons (Fsp3) is 0.300. The van der Waals surface area contributed by atoms with Gasteiger partial charge in [0, 0.05) is 5.92 Å². The van der Waals surface area contributed by atoms with Crippen LogP contribution in [0.2, 0.25) is 0 Å². The quantitative estimate of drug-likeness (QED) is 0.545. The van der Waals surface area contributed by atoms with Gasteiger partial charge in [-0.3, -0.25) is 4.79 Å². The third kappa shape index (κ3) is 2.16. The first-order chi connectivity index (χ1) is 6.66. The lowest BCUT2D eigenvalue weighted by molar-refractivity contribution is -0.121. The molecule has 1 aromatic carbocycles. The summed E-state index contributed by atoms with van der Waals surface area (Å²) in [5, 5.41) is 3.59. The molecule has 0 aliphatic rings. The third-order valence-corrected chi connectivity index (χ3v) is 1.79. The molecule has 4 heteroatoms. The number of hydrogen-bond donors (Lipinski definition) is 0. The van der Waals surface area contributed by atoms with Crippen LogP contribution in [-0.2, 0) is 4.79 Å². The van der Waals surface area contributed by atoms with Crippen molar-refractivity contribution in [3.8, 4) is 0 Å². The molecule has 0 radical (unpaired) electrons. The summed E-state index contributed by atoms with van der Waals surface area (Å²) in [5.74, 6) is -0.542. The number of nitrogens with zero attached hydrogens (tertiary/aromatic N) is 2. The van der Waals surface area contributed by atoms with Gasteiger partial charge in [-0.25, -0.2) is 0 Å². The van der Waals surface area contributed by atoms with E-state index in [4.69, 9.17) is 0 Å². The van der Waals surface area contributed by atoms with Crippen LogP contribution in [0.25, 0.3) is 0 Å². The van der Waals surface area contributed by atoms with Crippen LogP contribution in [0.4, 0.5) is 5.69 Å². The molecule has 1 amide bonds. The van der Waals surface area contributed by atoms with E-state index in [2.05, 4.69) is 5.29 Å². The van der Waals surface area contributed by atoms with E-state index in [-0.39, 0.29) is 11.8 Å². The summed E-state index contributed by atoms with van der Waals surface area (Å²) < 4.78 is 0. The van der Waals surface area contributed by atoms with Crippen molar-refractivity contribution in [1.29, 1.82) is 0 Å². The Morgan fingerprint density at radius 1 is 1.29 bits per heavy atom. The first-order valence-electron chi connectivity index (χ1n) is 4.39. The van der Waals surface area contributed by atoms with Gasteiger partial charge in [-0.1, -0.05) is 32.0 Å². The van der Waals surface area contributed by atoms with E-state index in [9.17, 15) is 9.70 Å². The molecule has 74 valence electrons. The zero-order valence-electron chi connectivity index (χ0n) is 8.18. The zero-order valence-corrected chi connectivity index (χ0v) is 8.18. The van der Waals surface area contributed by atoms with Crippen LogP contribution in [-0.4, -0.2) is 5.91 Å². The summed E-state index contributed by atoms with van der Waals surface area (Å²) in [6, 6.07) is 8.65. The van der Waals surface area contributed by atoms with Crippen molar-refractivity contribution in [1.82, 2.24) is 0 Å². The average Bonchev–Trinajstić information content (AvgIpc) is 2.20. The Morgan fingerprint density at radius 3 is 2.29 bits per heavy atom. The van der Waals surface area contributed by atoms with Crippen LogP contribution >= 0.6 is 0 Å². The number of rotatable bonds is 3. The van der Waals surface area contributed by atoms with Gasteiger partial charge in [0.25, 0.3) is 5.91 Å². The van der Waals surface area contributed by atoms with Crippen LogP contribution < -0.4 is 5.01 Å². The van der Waals surface area contributed by atoms with Crippen LogP contribution in [0.5, 0.6) is 0 Å². The van der Waals surface area contributed by atoms with Gasteiger partial charge in [-0.05, 0) is 12.1 Å². The Balaban J connectivity index is 2.94. The average molecular weight is 192 g/mol. The van der Waals surface area contributed by atoms with Crippen molar-refractivity contribution < 1.29 is 4.79 Å². The molecule has 0 saturated carbocycles. The van der Waals surface area contributed by atoms with Gasteiger partial charge in [0.05, 0.1) is 11.0 Å². The molecule has 0 bridgehead atoms. The van der Waals surface area contributed by atoms with Crippen molar-refractivity contribution in [2.24, 2.45) is 11.2 Å². The number of amides is 1. The fourth-order valence-electron chi connectivity index (χ4n) is 1.03. The Kier molecular flexibility index (Phi) is 3.34. The second kappa shape index (κ2) is 4.50. The molecular formula is C10H12N2O2. The van der Waals surface area contributed by atoms with Crippen molar-refractivity contribution in [3.05, 3.63) is 35.2 Å². The van der Waals surface area contributed by atoms with Gasteiger partial charge in [0.2, 0.25) is 0 Å². The third-order valence-electron chi connectivity index (χ3n) is 1.79. The monoisotopic (exact) mass is 192 g/mol. The number of benzene rings is 1. The molecule has 4 nitrogen and oxygen atoms in total. The number of hydrogen-bond acceptors (Lipinski definition) is 3. The fourth-order valence-corrected chi connectivity index (χ4v) is 1.03. The molecule has 0 N–H and O–H groups in total. The Hall–Kier alpha value is -1.71. The lowest BCUT2D eigenvalue weighted by Gasteiger charge is -2.14. The highest BCUT2D eigenvalue weighted by atomic mass is 16.3. The Morgan fingerprint density at radius 2 is 1.86 bits per heavy atom. The van der Waals surface area contributed by atoms with E-state index in [1.807, 2.05) is 6.07 Å². The summed E-state index contributed by atoms with van der Waals surface area (Å²) in [7, 11) is 0. The summed E-state index contributed by atoms with van der Waals surface area (Å²) in [5.41, 5.74) is 0.501. The molecule has 0 heterocycles. The predicted octanol–water partition coefficient (Wildman–Crippen LogP) is 2.36. The first kappa shape index (κ1) is 10.4. The second-order valence-electron chi connectivity index (χ2n) is 3.22. The number of nitroso groups, excluding NO2 is 1. The molecule has 0 aliphatic heterocycles. The lowest BCUT2D eigenvalue weighted by Crippen LogP contribution is -2.28. The van der Waals surface area contributed by atoms with Crippen molar-refractivity contribution >= 4 is 11.6 Å². The van der Waals surface area contributed by atoms with E-state index < -0.39 is 0 Å². The summed E-state index contributed by atoms with van der Waals surface area (Å²) >= 11 is 0. The minimum atomic E-state index is -0.300. The van der Waals surface area contributed by atoms with Crippen LogP contribution in [0.3, 0.4) is 0 Å². The molecule has 14 heavy (non-hydrogen) atoms. The standard InChI is InChI=1S/C10H12N2O2/c1-8(2)10(13)12(11-14)9-6-4-3-5-7-9/h3-8H,1-2H3. The van der Waals surface area contributed by atoms with Crippen molar-refractivity contribution in [2.45, 2.75) is 13.8 Å². The van der Waals surface area contributed by atoms with E-state index >= 15 is 0 Å². The van der Waals surface area contributed by atoms with Gasteiger partial charge in [0.1, 0.15) is 0 Å². The number of carbonyl (C=O) groups excluding carboxylic acids is 1. The molecule has 1 rings (SSSR count). The summed E-state index contributed by atoms with van der Waals surface area (Å²) in [4.78, 5) is 22.0. The zero-order chi connectivity index (χ0) is 10.6. The SMILES string of the molecule is CC(C)C(=O)N(N=O)c1ccccc1. The van der Waals surface area contributed by atoms with Crippen LogP contribution in [0.1, 0.15) is 13.8 Å². The van der Waals surface area contributed by atoms with Gasteiger partial charge >= 0.3 is 0 Å². The number of carbonyl (C=O) groups is 1. The molecule has 0 atom stereocenters. The topological polar surface area (TPSA) is 49.7 Å². The molecule has 1 aromatic rings. The maximum Gasteiger partial charge on any atom is 0.252 e. The first-order valence-corrected chi connectivity index (χ1v) is 4.39. The van der Waals surface area contributed by atoms with Crippen molar-refractivity contribution in [3.63, 3.8) is 0 Å². The van der Waals surface area contributed by atoms with Crippen LogP contribution in [0.15, 0.2) is 35.6 Å². The predicted molar refractivity (Wildman–Crippen MR) is 54.6 cm³/mol. The lowest BCUT2D eigenvalue weighted by atomic mass is 10.2. The summed E-state index contributed by atoms with van der Waals surface area (Å²) in [6.07, 6.45) is 0. The highest BCUT2D eigenvalue weighted by Gasteiger charge is 2.19. The van der Waals surface area contributed by atoms with Gasteiger partial charge < -0.3 is 0 Å². The number of para-hydroxylation sites is 1. The molecule has 0 aliphatic carbocycles. The molecule has 0 unspecified atom stereocenters. The van der Waals surface area contributed by atoms with E-state index in [0.717, 1.165) is 5.01 Å². The molecule has 0 saturated heterocycles. The Labute approximate surface area is 82.5 Å². The largest absolute Gasteiger partial charge is 0.272 e. The van der Waals surface area contributed by atoms with E-state index in [1.54, 1.807) is 38.1 Å². The molecule has 0 spiro atoms. The Bertz CT molecular complexity index is 322. The molecular weight excluding hydrogens is 180 g/mol. The second-order valence-corrected chi connectivity index (χ2v) is 3.22. The highest BCUT2D eigenvalue weighted by molar-refractivity contribution is 5.93.